The van der Waals surface area contributed by atoms with Gasteiger partial charge in [0.1, 0.15) is 4.21 Å². The normalized spacial score (nSPS) is 18.4. The summed E-state index contributed by atoms with van der Waals surface area (Å²) in [5.74, 6) is 0. The molecule has 0 aliphatic carbocycles. The van der Waals surface area contributed by atoms with Gasteiger partial charge >= 0.3 is 7.12 Å². The van der Waals surface area contributed by atoms with Crippen LogP contribution in [0.25, 0.3) is 0 Å². The molecule has 2 N–H and O–H groups in total. The molecule has 1 aromatic heterocycles. The first-order valence-corrected chi connectivity index (χ1v) is 12.9. The van der Waals surface area contributed by atoms with Crippen molar-refractivity contribution in [3.63, 3.8) is 0 Å². The van der Waals surface area contributed by atoms with Crippen molar-refractivity contribution < 1.29 is 26.9 Å². The molecule has 158 valence electrons. The van der Waals surface area contributed by atoms with Gasteiger partial charge in [0.2, 0.25) is 24.5 Å². The van der Waals surface area contributed by atoms with E-state index in [4.69, 9.17) is 0 Å². The van der Waals surface area contributed by atoms with Crippen LogP contribution in [0.3, 0.4) is 0 Å². The summed E-state index contributed by atoms with van der Waals surface area (Å²) in [5.41, 5.74) is 0.0688. The standard InChI is InChI=1S/C20H16BNO6S3/c23-21(24)18-10-5-4-9-17(18)20(11-6-12-22-20)31(27,28)19-13-16(14-29-19)30(25,26)15-7-2-1-3-8-15/h1-14,23-24H. The SMILES string of the molecule is O=S(=O)(c1ccccc1)c1csc(S(=O)(=O)C2(c3ccccc3B(O)O)C=CC=N2)c1. The van der Waals surface area contributed by atoms with E-state index in [9.17, 15) is 26.9 Å². The van der Waals surface area contributed by atoms with Crippen molar-refractivity contribution in [3.05, 3.63) is 83.8 Å². The van der Waals surface area contributed by atoms with Crippen LogP contribution in [0.15, 0.2) is 97.2 Å². The lowest BCUT2D eigenvalue weighted by Crippen LogP contribution is -2.42. The number of hydrogen-bond acceptors (Lipinski definition) is 8. The van der Waals surface area contributed by atoms with Crippen molar-refractivity contribution in [3.8, 4) is 0 Å². The van der Waals surface area contributed by atoms with Gasteiger partial charge in [-0.1, -0.05) is 42.5 Å². The molecule has 31 heavy (non-hydrogen) atoms. The van der Waals surface area contributed by atoms with Gasteiger partial charge < -0.3 is 10.0 Å². The fraction of sp³-hybridized carbons (Fsp3) is 0.0500. The smallest absolute Gasteiger partial charge is 0.423 e. The predicted octanol–water partition coefficient (Wildman–Crippen LogP) is 1.53. The first-order chi connectivity index (χ1) is 14.7. The van der Waals surface area contributed by atoms with Crippen molar-refractivity contribution in [2.24, 2.45) is 4.99 Å². The van der Waals surface area contributed by atoms with Crippen LogP contribution in [-0.4, -0.2) is 40.2 Å². The number of rotatable bonds is 6. The number of aliphatic imine (C=N–C) groups is 1. The Hall–Kier alpha value is -2.57. The van der Waals surface area contributed by atoms with Crippen LogP contribution in [-0.2, 0) is 24.5 Å². The first-order valence-electron chi connectivity index (χ1n) is 9.02. The number of nitrogens with zero attached hydrogens (tertiary/aromatic N) is 1. The van der Waals surface area contributed by atoms with Gasteiger partial charge in [0.15, 0.2) is 0 Å². The summed E-state index contributed by atoms with van der Waals surface area (Å²) in [6.45, 7) is 0. The molecule has 11 heteroatoms. The van der Waals surface area contributed by atoms with Crippen LogP contribution in [0.5, 0.6) is 0 Å². The summed E-state index contributed by atoms with van der Waals surface area (Å²) in [7, 11) is -10.1. The molecule has 0 bridgehead atoms. The zero-order valence-corrected chi connectivity index (χ0v) is 18.3. The molecular weight excluding hydrogens is 457 g/mol. The zero-order chi connectivity index (χ0) is 22.3. The van der Waals surface area contributed by atoms with E-state index in [-0.39, 0.29) is 25.0 Å². The predicted molar refractivity (Wildman–Crippen MR) is 119 cm³/mol. The molecule has 2 aromatic carbocycles. The average molecular weight is 473 g/mol. The van der Waals surface area contributed by atoms with E-state index in [1.807, 2.05) is 0 Å². The number of allylic oxidation sites excluding steroid dienone is 1. The third kappa shape index (κ3) is 3.48. The van der Waals surface area contributed by atoms with Gasteiger partial charge in [-0.05, 0) is 41.4 Å². The molecule has 0 fully saturated rings. The van der Waals surface area contributed by atoms with Gasteiger partial charge in [-0.3, -0.25) is 4.99 Å². The number of sulfone groups is 2. The Morgan fingerprint density at radius 1 is 0.903 bits per heavy atom. The Bertz CT molecular complexity index is 1380. The lowest BCUT2D eigenvalue weighted by molar-refractivity contribution is 0.425. The fourth-order valence-corrected chi connectivity index (χ4v) is 8.26. The quantitative estimate of drug-likeness (QED) is 0.524. The van der Waals surface area contributed by atoms with Gasteiger partial charge in [0.25, 0.3) is 0 Å². The molecule has 3 aromatic rings. The third-order valence-electron chi connectivity index (χ3n) is 4.89. The maximum atomic E-state index is 13.7. The monoisotopic (exact) mass is 473 g/mol. The van der Waals surface area contributed by atoms with Crippen molar-refractivity contribution in [1.82, 2.24) is 0 Å². The van der Waals surface area contributed by atoms with E-state index in [1.54, 1.807) is 30.3 Å². The molecule has 4 rings (SSSR count). The molecule has 1 aliphatic heterocycles. The summed E-state index contributed by atoms with van der Waals surface area (Å²) >= 11 is 0.772. The minimum atomic E-state index is -4.28. The highest BCUT2D eigenvalue weighted by Gasteiger charge is 2.48. The van der Waals surface area contributed by atoms with E-state index in [1.165, 1.54) is 48.0 Å². The molecule has 2 heterocycles. The topological polar surface area (TPSA) is 121 Å². The van der Waals surface area contributed by atoms with E-state index in [0.717, 1.165) is 17.4 Å². The molecule has 1 aliphatic rings. The Kier molecular flexibility index (Phi) is 5.48. The van der Waals surface area contributed by atoms with Gasteiger partial charge in [-0.2, -0.15) is 0 Å². The minimum Gasteiger partial charge on any atom is -0.423 e. The van der Waals surface area contributed by atoms with E-state index < -0.39 is 31.7 Å². The van der Waals surface area contributed by atoms with Crippen LogP contribution in [0, 0.1) is 0 Å². The number of benzene rings is 2. The molecule has 0 saturated carbocycles. The zero-order valence-electron chi connectivity index (χ0n) is 15.9. The van der Waals surface area contributed by atoms with Crippen molar-refractivity contribution in [2.75, 3.05) is 0 Å². The second kappa shape index (κ2) is 7.84. The molecule has 0 radical (unpaired) electrons. The highest BCUT2D eigenvalue weighted by molar-refractivity contribution is 7.95. The minimum absolute atomic E-state index is 0.0107. The summed E-state index contributed by atoms with van der Waals surface area (Å²) in [4.78, 5) is 2.15. The highest BCUT2D eigenvalue weighted by atomic mass is 32.2. The van der Waals surface area contributed by atoms with E-state index in [2.05, 4.69) is 4.99 Å². The van der Waals surface area contributed by atoms with Gasteiger partial charge in [-0.25, -0.2) is 16.8 Å². The number of thiophene rings is 1. The molecule has 7 nitrogen and oxygen atoms in total. The molecule has 0 saturated heterocycles. The second-order valence-electron chi connectivity index (χ2n) is 6.72. The molecular formula is C20H16BNO6S3. The van der Waals surface area contributed by atoms with Gasteiger partial charge in [0, 0.05) is 11.6 Å². The Morgan fingerprint density at radius 2 is 1.58 bits per heavy atom. The summed E-state index contributed by atoms with van der Waals surface area (Å²) < 4.78 is 53.0. The van der Waals surface area contributed by atoms with Gasteiger partial charge in [-0.15, -0.1) is 11.3 Å². The van der Waals surface area contributed by atoms with Gasteiger partial charge in [0.05, 0.1) is 9.79 Å². The number of hydrogen-bond donors (Lipinski definition) is 2. The molecule has 0 spiro atoms. The lowest BCUT2D eigenvalue weighted by Gasteiger charge is -2.26. The van der Waals surface area contributed by atoms with Crippen molar-refractivity contribution in [2.45, 2.75) is 18.9 Å². The average Bonchev–Trinajstić information content (AvgIpc) is 3.46. The van der Waals surface area contributed by atoms with E-state index in [0.29, 0.717) is 0 Å². The second-order valence-corrected chi connectivity index (χ2v) is 11.9. The van der Waals surface area contributed by atoms with Crippen molar-refractivity contribution >= 4 is 49.8 Å². The molecule has 1 atom stereocenters. The maximum absolute atomic E-state index is 13.7. The third-order valence-corrected chi connectivity index (χ3v) is 10.4. The Morgan fingerprint density at radius 3 is 2.23 bits per heavy atom. The van der Waals surface area contributed by atoms with E-state index >= 15 is 0 Å². The van der Waals surface area contributed by atoms with Crippen LogP contribution in [0.2, 0.25) is 0 Å². The van der Waals surface area contributed by atoms with Crippen LogP contribution in [0.4, 0.5) is 0 Å². The first kappa shape index (κ1) is 21.7. The Labute approximate surface area is 184 Å². The largest absolute Gasteiger partial charge is 0.488 e. The summed E-state index contributed by atoms with van der Waals surface area (Å²) in [6.07, 6.45) is 4.11. The lowest BCUT2D eigenvalue weighted by atomic mass is 9.75. The van der Waals surface area contributed by atoms with Crippen LogP contribution >= 0.6 is 11.3 Å². The Balaban J connectivity index is 1.86. The maximum Gasteiger partial charge on any atom is 0.488 e. The van der Waals surface area contributed by atoms with Crippen molar-refractivity contribution in [1.29, 1.82) is 0 Å². The highest BCUT2D eigenvalue weighted by Crippen LogP contribution is 2.42. The molecule has 0 amide bonds. The molecule has 1 unspecified atom stereocenters. The van der Waals surface area contributed by atoms with Crippen LogP contribution in [0.1, 0.15) is 5.56 Å². The van der Waals surface area contributed by atoms with Crippen LogP contribution < -0.4 is 5.46 Å². The summed E-state index contributed by atoms with van der Waals surface area (Å²) in [6, 6.07) is 14.8. The fourth-order valence-electron chi connectivity index (χ4n) is 3.35. The summed E-state index contributed by atoms with van der Waals surface area (Å²) in [5, 5.41) is 20.8.